The van der Waals surface area contributed by atoms with E-state index in [9.17, 15) is 0 Å². The molecular formula is C4H3BrS2. The van der Waals surface area contributed by atoms with E-state index < -0.39 is 0 Å². The Hall–Kier alpha value is 0.530. The van der Waals surface area contributed by atoms with Gasteiger partial charge in [-0.15, -0.1) is 12.6 Å². The summed E-state index contributed by atoms with van der Waals surface area (Å²) in [4.78, 5) is 1.02. The molecule has 1 aromatic rings. The van der Waals surface area contributed by atoms with Crippen LogP contribution in [-0.2, 0) is 0 Å². The van der Waals surface area contributed by atoms with Crippen LogP contribution in [0.1, 0.15) is 0 Å². The van der Waals surface area contributed by atoms with Crippen LogP contribution < -0.4 is 0 Å². The van der Waals surface area contributed by atoms with Gasteiger partial charge in [0.05, 0.1) is 0 Å². The molecule has 0 aliphatic carbocycles. The third-order valence-electron chi connectivity index (χ3n) is 0.596. The molecule has 0 saturated heterocycles. The molecule has 0 aromatic carbocycles. The second-order valence-electron chi connectivity index (χ2n) is 1.10. The molecule has 0 amide bonds. The first kappa shape index (κ1) is 5.66. The molecule has 3 heteroatoms. The van der Waals surface area contributed by atoms with Crippen LogP contribution in [0.15, 0.2) is 20.1 Å². The Morgan fingerprint density at radius 1 is 1.57 bits per heavy atom. The van der Waals surface area contributed by atoms with Gasteiger partial charge in [-0.25, -0.2) is 0 Å². The van der Waals surface area contributed by atoms with E-state index >= 15 is 0 Å². The minimum absolute atomic E-state index is 1.02. The molecule has 1 heterocycles. The lowest BCUT2D eigenvalue weighted by molar-refractivity contribution is 1.55. The fourth-order valence-electron chi connectivity index (χ4n) is 0.275. The van der Waals surface area contributed by atoms with Gasteiger partial charge in [0.15, 0.2) is 0 Å². The van der Waals surface area contributed by atoms with Gasteiger partial charge in [0.1, 0.15) is 0 Å². The monoisotopic (exact) mass is 194 g/mol. The van der Waals surface area contributed by atoms with Gasteiger partial charge >= 0.3 is 0 Å². The van der Waals surface area contributed by atoms with Crippen LogP contribution in [-0.4, -0.2) is 0 Å². The highest BCUT2D eigenvalue weighted by Crippen LogP contribution is 2.23. The Kier molecular flexibility index (Phi) is 1.78. The summed E-state index contributed by atoms with van der Waals surface area (Å²) in [7, 11) is 0. The Labute approximate surface area is 60.1 Å². The maximum Gasteiger partial charge on any atom is 0.0415 e. The first-order valence-electron chi connectivity index (χ1n) is 1.71. The summed E-state index contributed by atoms with van der Waals surface area (Å²) in [5.74, 6) is 0. The standard InChI is InChI=1S/C4H3BrS2/c5-3-1-7-2-4(3)6/h1-2,6H. The molecular weight excluding hydrogens is 192 g/mol. The van der Waals surface area contributed by atoms with Gasteiger partial charge in [-0.05, 0) is 15.9 Å². The Bertz CT molecular complexity index is 142. The van der Waals surface area contributed by atoms with E-state index in [1.54, 1.807) is 11.3 Å². The number of thiophene rings is 1. The smallest absolute Gasteiger partial charge is 0.0415 e. The van der Waals surface area contributed by atoms with Crippen LogP contribution in [0.3, 0.4) is 0 Å². The number of thiol groups is 1. The normalized spacial score (nSPS) is 9.43. The van der Waals surface area contributed by atoms with E-state index in [1.165, 1.54) is 0 Å². The van der Waals surface area contributed by atoms with Crippen molar-refractivity contribution in [2.45, 2.75) is 4.90 Å². The highest BCUT2D eigenvalue weighted by Gasteiger charge is 1.90. The number of hydrogen-bond acceptors (Lipinski definition) is 2. The van der Waals surface area contributed by atoms with Crippen molar-refractivity contribution in [1.29, 1.82) is 0 Å². The fraction of sp³-hybridized carbons (Fsp3) is 0. The van der Waals surface area contributed by atoms with E-state index in [1.807, 2.05) is 10.8 Å². The molecule has 0 fully saturated rings. The van der Waals surface area contributed by atoms with Crippen molar-refractivity contribution < 1.29 is 0 Å². The average molecular weight is 195 g/mol. The highest BCUT2D eigenvalue weighted by atomic mass is 79.9. The summed E-state index contributed by atoms with van der Waals surface area (Å²) in [6.07, 6.45) is 0. The third-order valence-corrected chi connectivity index (χ3v) is 3.15. The molecule has 0 saturated carbocycles. The Morgan fingerprint density at radius 2 is 2.29 bits per heavy atom. The first-order chi connectivity index (χ1) is 3.30. The van der Waals surface area contributed by atoms with Gasteiger partial charge in [0.2, 0.25) is 0 Å². The molecule has 0 radical (unpaired) electrons. The highest BCUT2D eigenvalue weighted by molar-refractivity contribution is 9.10. The maximum absolute atomic E-state index is 4.11. The lowest BCUT2D eigenvalue weighted by Gasteiger charge is -1.76. The minimum Gasteiger partial charge on any atom is -0.150 e. The van der Waals surface area contributed by atoms with Crippen molar-refractivity contribution in [1.82, 2.24) is 0 Å². The van der Waals surface area contributed by atoms with Crippen LogP contribution in [0.2, 0.25) is 0 Å². The zero-order chi connectivity index (χ0) is 5.28. The minimum atomic E-state index is 1.02. The van der Waals surface area contributed by atoms with Crippen molar-refractivity contribution in [2.75, 3.05) is 0 Å². The van der Waals surface area contributed by atoms with Gasteiger partial charge in [0.25, 0.3) is 0 Å². The number of rotatable bonds is 0. The summed E-state index contributed by atoms with van der Waals surface area (Å²) in [6.45, 7) is 0. The van der Waals surface area contributed by atoms with Crippen LogP contribution in [0.4, 0.5) is 0 Å². The van der Waals surface area contributed by atoms with Crippen LogP contribution in [0.25, 0.3) is 0 Å². The van der Waals surface area contributed by atoms with E-state index in [0.717, 1.165) is 9.37 Å². The quantitative estimate of drug-likeness (QED) is 0.604. The summed E-state index contributed by atoms with van der Waals surface area (Å²) in [5.41, 5.74) is 0. The fourth-order valence-corrected chi connectivity index (χ4v) is 1.77. The van der Waals surface area contributed by atoms with Crippen molar-refractivity contribution >= 4 is 39.9 Å². The lowest BCUT2D eigenvalue weighted by Crippen LogP contribution is -1.48. The molecule has 0 bridgehead atoms. The van der Waals surface area contributed by atoms with Crippen molar-refractivity contribution in [3.63, 3.8) is 0 Å². The summed E-state index contributed by atoms with van der Waals surface area (Å²) in [5, 5.41) is 3.98. The molecule has 0 N–H and O–H groups in total. The molecule has 0 unspecified atom stereocenters. The number of hydrogen-bond donors (Lipinski definition) is 1. The van der Waals surface area contributed by atoms with Gasteiger partial charge in [-0.3, -0.25) is 0 Å². The second kappa shape index (κ2) is 2.20. The molecule has 0 aliphatic rings. The SMILES string of the molecule is Sc1cscc1Br. The van der Waals surface area contributed by atoms with E-state index in [4.69, 9.17) is 0 Å². The van der Waals surface area contributed by atoms with Crippen molar-refractivity contribution in [3.8, 4) is 0 Å². The summed E-state index contributed by atoms with van der Waals surface area (Å²) >= 11 is 9.05. The Morgan fingerprint density at radius 3 is 2.43 bits per heavy atom. The lowest BCUT2D eigenvalue weighted by atomic mass is 10.7. The van der Waals surface area contributed by atoms with Gasteiger partial charge in [-0.1, -0.05) is 0 Å². The van der Waals surface area contributed by atoms with Gasteiger partial charge in [0, 0.05) is 20.1 Å². The zero-order valence-electron chi connectivity index (χ0n) is 3.39. The molecule has 1 rings (SSSR count). The summed E-state index contributed by atoms with van der Waals surface area (Å²) in [6, 6.07) is 0. The van der Waals surface area contributed by atoms with E-state index in [2.05, 4.69) is 28.6 Å². The average Bonchev–Trinajstić information content (AvgIpc) is 1.91. The van der Waals surface area contributed by atoms with Gasteiger partial charge < -0.3 is 0 Å². The van der Waals surface area contributed by atoms with E-state index in [-0.39, 0.29) is 0 Å². The third kappa shape index (κ3) is 1.21. The maximum atomic E-state index is 4.11. The van der Waals surface area contributed by atoms with Crippen molar-refractivity contribution in [3.05, 3.63) is 15.2 Å². The molecule has 38 valence electrons. The molecule has 0 nitrogen and oxygen atoms in total. The molecule has 1 aromatic heterocycles. The van der Waals surface area contributed by atoms with Crippen LogP contribution >= 0.6 is 39.9 Å². The van der Waals surface area contributed by atoms with Gasteiger partial charge in [-0.2, -0.15) is 11.3 Å². The van der Waals surface area contributed by atoms with Crippen molar-refractivity contribution in [2.24, 2.45) is 0 Å². The largest absolute Gasteiger partial charge is 0.150 e. The second-order valence-corrected chi connectivity index (χ2v) is 3.18. The summed E-state index contributed by atoms with van der Waals surface area (Å²) < 4.78 is 1.08. The predicted molar refractivity (Wildman–Crippen MR) is 39.3 cm³/mol. The molecule has 7 heavy (non-hydrogen) atoms. The van der Waals surface area contributed by atoms with Crippen LogP contribution in [0.5, 0.6) is 0 Å². The number of halogens is 1. The zero-order valence-corrected chi connectivity index (χ0v) is 6.69. The molecule has 0 aliphatic heterocycles. The molecule has 0 atom stereocenters. The van der Waals surface area contributed by atoms with Crippen LogP contribution in [0, 0.1) is 0 Å². The topological polar surface area (TPSA) is 0 Å². The molecule has 0 spiro atoms. The predicted octanol–water partition coefficient (Wildman–Crippen LogP) is 2.80. The first-order valence-corrected chi connectivity index (χ1v) is 3.89. The Balaban J connectivity index is 3.12. The van der Waals surface area contributed by atoms with E-state index in [0.29, 0.717) is 0 Å².